The third kappa shape index (κ3) is 4.15. The van der Waals surface area contributed by atoms with E-state index in [1.165, 1.54) is 32.0 Å². The van der Waals surface area contributed by atoms with Gasteiger partial charge in [0.15, 0.2) is 0 Å². The summed E-state index contributed by atoms with van der Waals surface area (Å²) in [6.45, 7) is 0. The van der Waals surface area contributed by atoms with Gasteiger partial charge in [-0.3, -0.25) is 9.97 Å². The van der Waals surface area contributed by atoms with Gasteiger partial charge in [-0.15, -0.1) is 0 Å². The monoisotopic (exact) mass is 372 g/mol. The number of nitrogens with zero attached hydrogens (tertiary/aromatic N) is 2. The van der Waals surface area contributed by atoms with Crippen LogP contribution < -0.4 is 0 Å². The van der Waals surface area contributed by atoms with Gasteiger partial charge in [-0.1, -0.05) is 45.9 Å². The Kier molecular flexibility index (Phi) is 5.33. The van der Waals surface area contributed by atoms with Crippen molar-refractivity contribution in [3.8, 4) is 22.3 Å². The van der Waals surface area contributed by atoms with Crippen molar-refractivity contribution in [1.29, 1.82) is 0 Å². The van der Waals surface area contributed by atoms with E-state index in [9.17, 15) is 0 Å². The molecule has 2 aromatic carbocycles. The third-order valence-electron chi connectivity index (χ3n) is 3.97. The predicted octanol–water partition coefficient (Wildman–Crippen LogP) is 6.61. The second-order valence-electron chi connectivity index (χ2n) is 5.69. The summed E-state index contributed by atoms with van der Waals surface area (Å²) in [4.78, 5) is 10.6. The van der Waals surface area contributed by atoms with Crippen molar-refractivity contribution in [1.82, 2.24) is 9.97 Å². The summed E-state index contributed by atoms with van der Waals surface area (Å²) < 4.78 is 0. The molecule has 4 rings (SSSR count). The molecule has 0 aliphatic heterocycles. The molecule has 4 aromatic rings. The molecule has 0 aliphatic rings. The second-order valence-corrected chi connectivity index (χ2v) is 7.96. The van der Waals surface area contributed by atoms with Gasteiger partial charge in [-0.2, -0.15) is 0 Å². The zero-order valence-corrected chi connectivity index (χ0v) is 15.6. The van der Waals surface area contributed by atoms with Crippen molar-refractivity contribution in [3.63, 3.8) is 0 Å². The zero-order valence-electron chi connectivity index (χ0n) is 13.9. The molecule has 0 aliphatic carbocycles. The average Bonchev–Trinajstić information content (AvgIpc) is 2.74. The molecule has 0 N–H and O–H groups in total. The lowest BCUT2D eigenvalue weighted by Gasteiger charge is -2.05. The average molecular weight is 373 g/mol. The van der Waals surface area contributed by atoms with Crippen molar-refractivity contribution >= 4 is 21.6 Å². The zero-order chi connectivity index (χ0) is 17.6. The molecule has 0 bridgehead atoms. The van der Waals surface area contributed by atoms with E-state index in [-0.39, 0.29) is 0 Å². The Morgan fingerprint density at radius 1 is 0.385 bits per heavy atom. The van der Waals surface area contributed by atoms with Gasteiger partial charge in [-0.25, -0.2) is 0 Å². The molecule has 4 heteroatoms. The first-order chi connectivity index (χ1) is 12.9. The fourth-order valence-corrected chi connectivity index (χ4v) is 4.52. The van der Waals surface area contributed by atoms with E-state index < -0.39 is 0 Å². The Balaban J connectivity index is 1.40. The minimum absolute atomic E-state index is 1.19. The van der Waals surface area contributed by atoms with Crippen LogP contribution in [-0.2, 0) is 0 Å². The Hall–Kier alpha value is -2.56. The molecule has 0 amide bonds. The number of aromatic nitrogens is 2. The number of benzene rings is 2. The minimum Gasteiger partial charge on any atom is -0.265 e. The Bertz CT molecular complexity index is 871. The van der Waals surface area contributed by atoms with E-state index in [2.05, 4.69) is 58.5 Å². The molecule has 0 saturated heterocycles. The quantitative estimate of drug-likeness (QED) is 0.368. The molecular weight excluding hydrogens is 356 g/mol. The molecule has 26 heavy (non-hydrogen) atoms. The van der Waals surface area contributed by atoms with Crippen LogP contribution in [0.5, 0.6) is 0 Å². The van der Waals surface area contributed by atoms with Gasteiger partial charge in [0.2, 0.25) is 0 Å². The number of pyridine rings is 2. The molecule has 2 nitrogen and oxygen atoms in total. The first-order valence-electron chi connectivity index (χ1n) is 8.24. The van der Waals surface area contributed by atoms with Crippen molar-refractivity contribution < 1.29 is 0 Å². The van der Waals surface area contributed by atoms with Gasteiger partial charge < -0.3 is 0 Å². The standard InChI is InChI=1S/C22H16N2S2/c1-5-21(6-2-17(1)19-9-13-23-14-10-19)25-26-22-7-3-18(4-8-22)20-11-15-24-16-12-20/h1-16H. The second kappa shape index (κ2) is 8.21. The fourth-order valence-electron chi connectivity index (χ4n) is 2.59. The summed E-state index contributed by atoms with van der Waals surface area (Å²) in [7, 11) is 3.55. The minimum atomic E-state index is 1.19. The van der Waals surface area contributed by atoms with E-state index in [1.807, 2.05) is 49.1 Å². The lowest BCUT2D eigenvalue weighted by molar-refractivity contribution is 1.33. The Morgan fingerprint density at radius 3 is 1.04 bits per heavy atom. The van der Waals surface area contributed by atoms with Crippen LogP contribution in [0.1, 0.15) is 0 Å². The molecule has 0 fully saturated rings. The highest BCUT2D eigenvalue weighted by atomic mass is 33.1. The molecular formula is C22H16N2S2. The largest absolute Gasteiger partial charge is 0.265 e. The van der Waals surface area contributed by atoms with E-state index in [0.717, 1.165) is 0 Å². The molecule has 0 radical (unpaired) electrons. The topological polar surface area (TPSA) is 25.8 Å². The maximum absolute atomic E-state index is 4.07. The predicted molar refractivity (Wildman–Crippen MR) is 111 cm³/mol. The molecule has 2 heterocycles. The molecule has 126 valence electrons. The van der Waals surface area contributed by atoms with Crippen LogP contribution in [0, 0.1) is 0 Å². The first kappa shape index (κ1) is 16.9. The maximum Gasteiger partial charge on any atom is 0.0273 e. The summed E-state index contributed by atoms with van der Waals surface area (Å²) in [5, 5.41) is 0. The van der Waals surface area contributed by atoms with Crippen LogP contribution in [0.3, 0.4) is 0 Å². The van der Waals surface area contributed by atoms with E-state index in [1.54, 1.807) is 21.6 Å². The van der Waals surface area contributed by atoms with Crippen LogP contribution in [0.2, 0.25) is 0 Å². The van der Waals surface area contributed by atoms with Crippen LogP contribution in [0.4, 0.5) is 0 Å². The molecule has 0 saturated carbocycles. The summed E-state index contributed by atoms with van der Waals surface area (Å²) in [5.74, 6) is 0. The van der Waals surface area contributed by atoms with Crippen LogP contribution in [0.25, 0.3) is 22.3 Å². The van der Waals surface area contributed by atoms with Crippen molar-refractivity contribution in [2.75, 3.05) is 0 Å². The van der Waals surface area contributed by atoms with Crippen LogP contribution in [0.15, 0.2) is 107 Å². The first-order valence-corrected chi connectivity index (χ1v) is 10.4. The molecule has 0 atom stereocenters. The van der Waals surface area contributed by atoms with Crippen molar-refractivity contribution in [2.24, 2.45) is 0 Å². The highest BCUT2D eigenvalue weighted by Crippen LogP contribution is 2.38. The lowest BCUT2D eigenvalue weighted by Crippen LogP contribution is -1.79. The van der Waals surface area contributed by atoms with Gasteiger partial charge in [0, 0.05) is 34.6 Å². The van der Waals surface area contributed by atoms with Gasteiger partial charge in [0.1, 0.15) is 0 Å². The summed E-state index contributed by atoms with van der Waals surface area (Å²) in [5.41, 5.74) is 4.80. The van der Waals surface area contributed by atoms with Gasteiger partial charge in [0.05, 0.1) is 0 Å². The smallest absolute Gasteiger partial charge is 0.0273 e. The molecule has 0 unspecified atom stereocenters. The summed E-state index contributed by atoms with van der Waals surface area (Å²) in [6, 6.07) is 25.4. The third-order valence-corrected chi connectivity index (χ3v) is 6.39. The van der Waals surface area contributed by atoms with Crippen LogP contribution in [-0.4, -0.2) is 9.97 Å². The summed E-state index contributed by atoms with van der Waals surface area (Å²) in [6.07, 6.45) is 7.29. The van der Waals surface area contributed by atoms with Crippen molar-refractivity contribution in [3.05, 3.63) is 97.6 Å². The Morgan fingerprint density at radius 2 is 0.692 bits per heavy atom. The van der Waals surface area contributed by atoms with Gasteiger partial charge >= 0.3 is 0 Å². The van der Waals surface area contributed by atoms with Crippen LogP contribution >= 0.6 is 21.6 Å². The van der Waals surface area contributed by atoms with E-state index in [0.29, 0.717) is 0 Å². The lowest BCUT2D eigenvalue weighted by atomic mass is 10.1. The molecule has 0 spiro atoms. The maximum atomic E-state index is 4.07. The molecule has 2 aromatic heterocycles. The number of hydrogen-bond acceptors (Lipinski definition) is 4. The highest BCUT2D eigenvalue weighted by Gasteiger charge is 2.02. The number of rotatable bonds is 5. The fraction of sp³-hybridized carbons (Fsp3) is 0. The number of hydrogen-bond donors (Lipinski definition) is 0. The van der Waals surface area contributed by atoms with Gasteiger partial charge in [-0.05, 0) is 70.8 Å². The summed E-state index contributed by atoms with van der Waals surface area (Å²) >= 11 is 0. The van der Waals surface area contributed by atoms with E-state index >= 15 is 0 Å². The Labute approximate surface area is 161 Å². The van der Waals surface area contributed by atoms with Gasteiger partial charge in [0.25, 0.3) is 0 Å². The van der Waals surface area contributed by atoms with Crippen molar-refractivity contribution in [2.45, 2.75) is 9.79 Å². The normalized spacial score (nSPS) is 10.6. The SMILES string of the molecule is c1cc(-c2ccc(SSc3ccc(-c4ccncc4)cc3)cc2)ccn1. The van der Waals surface area contributed by atoms with E-state index in [4.69, 9.17) is 0 Å². The highest BCUT2D eigenvalue weighted by molar-refractivity contribution is 8.76.